The Hall–Kier alpha value is -1.09. The lowest BCUT2D eigenvalue weighted by Gasteiger charge is -2.41. The van der Waals surface area contributed by atoms with Gasteiger partial charge in [-0.3, -0.25) is 0 Å². The number of rotatable bonds is 20. The molecule has 0 atom stereocenters. The number of hydrogen-bond acceptors (Lipinski definition) is 4. The van der Waals surface area contributed by atoms with Gasteiger partial charge in [-0.25, -0.2) is 0 Å². The van der Waals surface area contributed by atoms with Crippen LogP contribution < -0.4 is 9.92 Å². The van der Waals surface area contributed by atoms with Gasteiger partial charge in [0.25, 0.3) is 0 Å². The molecule has 246 valence electrons. The van der Waals surface area contributed by atoms with E-state index in [9.17, 15) is 13.2 Å². The van der Waals surface area contributed by atoms with Gasteiger partial charge in [0.15, 0.2) is 0 Å². The van der Waals surface area contributed by atoms with Crippen LogP contribution in [0, 0.1) is 35.5 Å². The average Bonchev–Trinajstić information content (AvgIpc) is 2.75. The minimum Gasteiger partial charge on any atom is -0.406 e. The topological polar surface area (TPSA) is 36.9 Å². The highest BCUT2D eigenvalue weighted by Crippen LogP contribution is 2.33. The summed E-state index contributed by atoms with van der Waals surface area (Å²) in [7, 11) is -4.03. The number of halogens is 3. The summed E-state index contributed by atoms with van der Waals surface area (Å²) in [5.74, 6) is 1.65. The van der Waals surface area contributed by atoms with Crippen molar-refractivity contribution in [2.45, 2.75) is 146 Å². The molecule has 0 unspecified atom stereocenters. The van der Waals surface area contributed by atoms with E-state index in [1.54, 1.807) is 18.2 Å². The first-order valence-corrected chi connectivity index (χ1v) is 17.9. The Morgan fingerprint density at radius 1 is 0.524 bits per heavy atom. The average molecular weight is 619 g/mol. The SMILES string of the molecule is CC(C)CC(CC(C)C)O[Si](OC(CC(C)C)CC(C)C)(OC(CC(C)C)CC(C)C)c1ccccc1OC(F)(F)F. The summed E-state index contributed by atoms with van der Waals surface area (Å²) in [4.78, 5) is 0. The molecule has 0 aliphatic carbocycles. The van der Waals surface area contributed by atoms with Crippen molar-refractivity contribution in [1.82, 2.24) is 0 Å². The molecule has 0 aliphatic rings. The Balaban J connectivity index is 4.03. The third kappa shape index (κ3) is 15.6. The number of para-hydroxylation sites is 1. The molecule has 0 bridgehead atoms. The maximum atomic E-state index is 13.8. The highest BCUT2D eigenvalue weighted by atomic mass is 28.4. The van der Waals surface area contributed by atoms with Gasteiger partial charge in [-0.2, -0.15) is 0 Å². The minimum atomic E-state index is -4.87. The van der Waals surface area contributed by atoms with Crippen LogP contribution in [0.4, 0.5) is 13.2 Å². The number of ether oxygens (including phenoxy) is 1. The molecule has 42 heavy (non-hydrogen) atoms. The van der Waals surface area contributed by atoms with Crippen molar-refractivity contribution < 1.29 is 31.2 Å². The highest BCUT2D eigenvalue weighted by Gasteiger charge is 2.53. The van der Waals surface area contributed by atoms with Crippen molar-refractivity contribution in [2.75, 3.05) is 0 Å². The summed E-state index contributed by atoms with van der Waals surface area (Å²) in [5.41, 5.74) is 0. The zero-order valence-corrected chi connectivity index (χ0v) is 29.5. The summed E-state index contributed by atoms with van der Waals surface area (Å²) in [5, 5.41) is 0.259. The molecule has 8 heteroatoms. The fourth-order valence-electron chi connectivity index (χ4n) is 5.60. The molecule has 0 N–H and O–H groups in total. The van der Waals surface area contributed by atoms with Crippen LogP contribution in [0.25, 0.3) is 0 Å². The van der Waals surface area contributed by atoms with Gasteiger partial charge < -0.3 is 18.0 Å². The van der Waals surface area contributed by atoms with Crippen molar-refractivity contribution in [3.63, 3.8) is 0 Å². The molecule has 0 heterocycles. The van der Waals surface area contributed by atoms with Gasteiger partial charge in [0.05, 0.1) is 23.5 Å². The van der Waals surface area contributed by atoms with E-state index < -0.39 is 15.2 Å². The summed E-state index contributed by atoms with van der Waals surface area (Å²) >= 11 is 0. The van der Waals surface area contributed by atoms with Crippen LogP contribution in [0.3, 0.4) is 0 Å². The Morgan fingerprint density at radius 2 is 0.810 bits per heavy atom. The van der Waals surface area contributed by atoms with Gasteiger partial charge in [0.2, 0.25) is 0 Å². The van der Waals surface area contributed by atoms with Crippen LogP contribution in [-0.2, 0) is 13.3 Å². The first-order chi connectivity index (χ1) is 19.3. The van der Waals surface area contributed by atoms with Gasteiger partial charge in [-0.05, 0) is 80.1 Å². The zero-order valence-electron chi connectivity index (χ0n) is 28.5. The van der Waals surface area contributed by atoms with Crippen LogP contribution in [0.5, 0.6) is 5.75 Å². The molecule has 0 amide bonds. The van der Waals surface area contributed by atoms with Crippen LogP contribution in [-0.4, -0.2) is 33.5 Å². The highest BCUT2D eigenvalue weighted by molar-refractivity contribution is 6.76. The summed E-state index contributed by atoms with van der Waals surface area (Å²) in [6.07, 6.45) is -1.09. The second kappa shape index (κ2) is 18.0. The minimum absolute atomic E-state index is 0.242. The number of hydrogen-bond donors (Lipinski definition) is 0. The van der Waals surface area contributed by atoms with Crippen LogP contribution >= 0.6 is 0 Å². The first kappa shape index (κ1) is 38.9. The van der Waals surface area contributed by atoms with Gasteiger partial charge in [0.1, 0.15) is 5.75 Å². The Morgan fingerprint density at radius 3 is 1.07 bits per heavy atom. The molecule has 0 saturated carbocycles. The van der Waals surface area contributed by atoms with E-state index in [0.29, 0.717) is 35.5 Å². The second-order valence-electron chi connectivity index (χ2n) is 14.6. The summed E-state index contributed by atoms with van der Waals surface area (Å²) < 4.78 is 67.5. The van der Waals surface area contributed by atoms with Crippen molar-refractivity contribution in [2.24, 2.45) is 35.5 Å². The van der Waals surface area contributed by atoms with Gasteiger partial charge in [-0.15, -0.1) is 13.2 Å². The van der Waals surface area contributed by atoms with Crippen molar-refractivity contribution >= 4 is 14.0 Å². The molecule has 0 aromatic heterocycles. The van der Waals surface area contributed by atoms with Crippen molar-refractivity contribution in [3.8, 4) is 5.75 Å². The Bertz CT molecular complexity index is 776. The van der Waals surface area contributed by atoms with Gasteiger partial charge >= 0.3 is 15.2 Å². The predicted octanol–water partition coefficient (Wildman–Crippen LogP) is 10.2. The third-order valence-corrected chi connectivity index (χ3v) is 9.82. The molecule has 0 fully saturated rings. The van der Waals surface area contributed by atoms with E-state index in [2.05, 4.69) is 87.8 Å². The van der Waals surface area contributed by atoms with Crippen LogP contribution in [0.2, 0.25) is 0 Å². The van der Waals surface area contributed by atoms with Crippen molar-refractivity contribution in [1.29, 1.82) is 0 Å². The van der Waals surface area contributed by atoms with Crippen molar-refractivity contribution in [3.05, 3.63) is 24.3 Å². The largest absolute Gasteiger partial charge is 0.573 e. The molecule has 0 spiro atoms. The monoisotopic (exact) mass is 618 g/mol. The lowest BCUT2D eigenvalue weighted by Crippen LogP contribution is -2.62. The standard InChI is InChI=1S/C34H61F3O4Si/c1-23(2)17-29(18-24(3)4)39-42(40-30(19-25(5)6)20-26(7)8,41-31(21-27(9)10)22-28(11)12)33-16-14-13-15-32(33)38-34(35,36)37/h13-16,23-31H,17-22H2,1-12H3. The summed E-state index contributed by atoms with van der Waals surface area (Å²) in [6.45, 7) is 25.7. The molecular weight excluding hydrogens is 557 g/mol. The molecule has 0 saturated heterocycles. The predicted molar refractivity (Wildman–Crippen MR) is 170 cm³/mol. The van der Waals surface area contributed by atoms with E-state index in [4.69, 9.17) is 13.3 Å². The van der Waals surface area contributed by atoms with Crippen LogP contribution in [0.15, 0.2) is 24.3 Å². The molecule has 1 rings (SSSR count). The molecule has 1 aromatic rings. The number of benzene rings is 1. The lowest BCUT2D eigenvalue weighted by atomic mass is 9.98. The van der Waals surface area contributed by atoms with E-state index in [0.717, 1.165) is 38.5 Å². The molecule has 0 aliphatic heterocycles. The zero-order chi connectivity index (χ0) is 32.3. The molecule has 0 radical (unpaired) electrons. The Labute approximate surface area is 256 Å². The van der Waals surface area contributed by atoms with Gasteiger partial charge in [0, 0.05) is 0 Å². The second-order valence-corrected chi connectivity index (χ2v) is 17.0. The van der Waals surface area contributed by atoms with Crippen LogP contribution in [0.1, 0.15) is 122 Å². The fourth-order valence-corrected chi connectivity index (χ4v) is 8.78. The fraction of sp³-hybridized carbons (Fsp3) is 0.824. The smallest absolute Gasteiger partial charge is 0.406 e. The van der Waals surface area contributed by atoms with E-state index >= 15 is 0 Å². The lowest BCUT2D eigenvalue weighted by molar-refractivity contribution is -0.274. The van der Waals surface area contributed by atoms with E-state index in [1.807, 2.05) is 0 Å². The van der Waals surface area contributed by atoms with E-state index in [1.165, 1.54) is 6.07 Å². The first-order valence-electron chi connectivity index (χ1n) is 16.2. The molecule has 1 aromatic carbocycles. The quantitative estimate of drug-likeness (QED) is 0.136. The maximum absolute atomic E-state index is 13.8. The number of alkyl halides is 3. The molecule has 4 nitrogen and oxygen atoms in total. The normalized spacial score (nSPS) is 13.5. The Kier molecular flexibility index (Phi) is 16.7. The third-order valence-electron chi connectivity index (χ3n) is 6.81. The molecular formula is C34H61F3O4Si. The van der Waals surface area contributed by atoms with Gasteiger partial charge in [-0.1, -0.05) is 101 Å². The van der Waals surface area contributed by atoms with E-state index in [-0.39, 0.29) is 29.2 Å². The maximum Gasteiger partial charge on any atom is 0.573 e. The summed E-state index contributed by atoms with van der Waals surface area (Å²) in [6, 6.07) is 6.32.